The summed E-state index contributed by atoms with van der Waals surface area (Å²) in [7, 11) is 0. The maximum Gasteiger partial charge on any atom is 0.113 e. The van der Waals surface area contributed by atoms with Gasteiger partial charge in [0.2, 0.25) is 0 Å². The summed E-state index contributed by atoms with van der Waals surface area (Å²) in [5.41, 5.74) is 3.03. The van der Waals surface area contributed by atoms with Crippen molar-refractivity contribution in [2.75, 3.05) is 0 Å². The molecule has 1 aromatic heterocycles. The molecule has 1 aromatic carbocycles. The molecule has 0 amide bonds. The fraction of sp³-hybridized carbons (Fsp3) is 0.667. The van der Waals surface area contributed by atoms with Crippen LogP contribution in [-0.4, -0.2) is 36.9 Å². The Hall–Kier alpha value is -1.98. The van der Waals surface area contributed by atoms with Gasteiger partial charge in [-0.05, 0) is 92.8 Å². The van der Waals surface area contributed by atoms with Crippen LogP contribution in [0.25, 0.3) is 11.3 Å². The lowest BCUT2D eigenvalue weighted by molar-refractivity contribution is -0.109. The Labute approximate surface area is 209 Å². The molecule has 0 saturated heterocycles. The van der Waals surface area contributed by atoms with Crippen molar-refractivity contribution < 1.29 is 10.2 Å². The third kappa shape index (κ3) is 3.72. The van der Waals surface area contributed by atoms with Crippen LogP contribution in [-0.2, 0) is 6.54 Å². The summed E-state index contributed by atoms with van der Waals surface area (Å²) >= 11 is 0. The predicted octanol–water partition coefficient (Wildman–Crippen LogP) is 5.64. The summed E-state index contributed by atoms with van der Waals surface area (Å²) in [4.78, 5) is 0. The van der Waals surface area contributed by atoms with Gasteiger partial charge < -0.3 is 10.2 Å². The number of hydrogen-bond donors (Lipinski definition) is 2. The molecule has 2 aromatic rings. The normalized spacial score (nSPS) is 40.3. The first-order chi connectivity index (χ1) is 16.7. The van der Waals surface area contributed by atoms with E-state index in [4.69, 9.17) is 0 Å². The maximum atomic E-state index is 11.9. The van der Waals surface area contributed by atoms with Crippen molar-refractivity contribution in [3.63, 3.8) is 0 Å². The van der Waals surface area contributed by atoms with Gasteiger partial charge in [0.25, 0.3) is 0 Å². The van der Waals surface area contributed by atoms with Gasteiger partial charge in [0.15, 0.2) is 0 Å². The number of aliphatic hydroxyl groups excluding tert-OH is 1. The highest BCUT2D eigenvalue weighted by atomic mass is 16.3. The second-order valence-corrected chi connectivity index (χ2v) is 12.9. The zero-order chi connectivity index (χ0) is 24.4. The van der Waals surface area contributed by atoms with Crippen molar-refractivity contribution in [3.8, 4) is 11.3 Å². The highest BCUT2D eigenvalue weighted by Crippen LogP contribution is 2.67. The Morgan fingerprint density at radius 1 is 1.06 bits per heavy atom. The van der Waals surface area contributed by atoms with E-state index < -0.39 is 5.60 Å². The van der Waals surface area contributed by atoms with Crippen LogP contribution in [0.15, 0.2) is 48.2 Å². The van der Waals surface area contributed by atoms with Gasteiger partial charge in [-0.1, -0.05) is 61.0 Å². The summed E-state index contributed by atoms with van der Waals surface area (Å²) in [5, 5.41) is 30.9. The summed E-state index contributed by atoms with van der Waals surface area (Å²) in [6, 6.07) is 10.1. The first-order valence-corrected chi connectivity index (χ1v) is 13.8. The number of nitrogens with zero attached hydrogens (tertiary/aromatic N) is 3. The molecule has 1 heterocycles. The molecule has 5 nitrogen and oxygen atoms in total. The van der Waals surface area contributed by atoms with Crippen LogP contribution in [0.4, 0.5) is 0 Å². The SMILES string of the molecule is C[C@]12CC[C@H]3[C@@H](CC=C4C[C@@H](O)CC[C@@]43C)[C@@H]1CC[C@@H]2[C@@](C)(O)Cn1cc(-c2ccccc2)nn1. The Morgan fingerprint density at radius 3 is 2.66 bits per heavy atom. The first kappa shape index (κ1) is 23.4. The fourth-order valence-electron chi connectivity index (χ4n) is 9.22. The molecule has 0 bridgehead atoms. The van der Waals surface area contributed by atoms with E-state index >= 15 is 0 Å². The van der Waals surface area contributed by atoms with E-state index in [-0.39, 0.29) is 22.9 Å². The standard InChI is InChI=1S/C30H41N3O2/c1-28-15-13-22(34)17-21(28)9-10-23-24-11-12-27(29(24,2)16-14-25(23)28)30(3,35)19-33-18-26(31-32-33)20-7-5-4-6-8-20/h4-9,18,22-25,27,34-35H,10-17,19H2,1-3H3/t22-,23-,24-,25-,27-,28-,29-,30-/m0/s1. The number of allylic oxidation sites excluding steroid dienone is 1. The van der Waals surface area contributed by atoms with Gasteiger partial charge in [0, 0.05) is 5.56 Å². The molecule has 0 spiro atoms. The molecule has 3 saturated carbocycles. The second kappa shape index (κ2) is 8.27. The average molecular weight is 476 g/mol. The number of aliphatic hydroxyl groups is 2. The molecule has 4 aliphatic carbocycles. The van der Waals surface area contributed by atoms with E-state index in [1.807, 2.05) is 48.1 Å². The molecular formula is C30H41N3O2. The largest absolute Gasteiger partial charge is 0.393 e. The highest BCUT2D eigenvalue weighted by molar-refractivity contribution is 5.57. The predicted molar refractivity (Wildman–Crippen MR) is 137 cm³/mol. The van der Waals surface area contributed by atoms with Gasteiger partial charge in [-0.2, -0.15) is 0 Å². The average Bonchev–Trinajstić information content (AvgIpc) is 3.44. The zero-order valence-electron chi connectivity index (χ0n) is 21.5. The Morgan fingerprint density at radius 2 is 1.86 bits per heavy atom. The number of benzene rings is 1. The van der Waals surface area contributed by atoms with Gasteiger partial charge in [0.05, 0.1) is 24.4 Å². The van der Waals surface area contributed by atoms with Crippen molar-refractivity contribution in [1.29, 1.82) is 0 Å². The minimum Gasteiger partial charge on any atom is -0.393 e. The molecule has 188 valence electrons. The van der Waals surface area contributed by atoms with Crippen molar-refractivity contribution in [2.24, 2.45) is 34.5 Å². The zero-order valence-corrected chi connectivity index (χ0v) is 21.5. The van der Waals surface area contributed by atoms with Crippen LogP contribution >= 0.6 is 0 Å². The molecule has 0 radical (unpaired) electrons. The van der Waals surface area contributed by atoms with Crippen LogP contribution < -0.4 is 0 Å². The van der Waals surface area contributed by atoms with Crippen LogP contribution in [0.1, 0.15) is 72.1 Å². The summed E-state index contributed by atoms with van der Waals surface area (Å²) in [6.45, 7) is 7.47. The van der Waals surface area contributed by atoms with Crippen molar-refractivity contribution in [1.82, 2.24) is 15.0 Å². The van der Waals surface area contributed by atoms with E-state index in [2.05, 4.69) is 30.2 Å². The number of aromatic nitrogens is 3. The Bertz CT molecular complexity index is 1110. The van der Waals surface area contributed by atoms with Gasteiger partial charge >= 0.3 is 0 Å². The first-order valence-electron chi connectivity index (χ1n) is 13.8. The molecule has 4 aliphatic rings. The summed E-state index contributed by atoms with van der Waals surface area (Å²) < 4.78 is 1.84. The minimum absolute atomic E-state index is 0.148. The van der Waals surface area contributed by atoms with E-state index in [9.17, 15) is 10.2 Å². The van der Waals surface area contributed by atoms with E-state index in [1.54, 1.807) is 0 Å². The second-order valence-electron chi connectivity index (χ2n) is 12.9. The minimum atomic E-state index is -0.827. The third-order valence-electron chi connectivity index (χ3n) is 10.9. The fourth-order valence-corrected chi connectivity index (χ4v) is 9.22. The molecule has 35 heavy (non-hydrogen) atoms. The summed E-state index contributed by atoms with van der Waals surface area (Å²) in [5.74, 6) is 2.35. The topological polar surface area (TPSA) is 71.2 Å². The van der Waals surface area contributed by atoms with Crippen LogP contribution in [0, 0.1) is 34.5 Å². The smallest absolute Gasteiger partial charge is 0.113 e. The van der Waals surface area contributed by atoms with Crippen LogP contribution in [0.2, 0.25) is 0 Å². The molecule has 0 aliphatic heterocycles. The lowest BCUT2D eigenvalue weighted by Crippen LogP contribution is -2.53. The van der Waals surface area contributed by atoms with Crippen LogP contribution in [0.3, 0.4) is 0 Å². The lowest BCUT2D eigenvalue weighted by atomic mass is 9.47. The van der Waals surface area contributed by atoms with Crippen molar-refractivity contribution >= 4 is 0 Å². The van der Waals surface area contributed by atoms with Crippen molar-refractivity contribution in [3.05, 3.63) is 48.2 Å². The quantitative estimate of drug-likeness (QED) is 0.562. The number of hydrogen-bond acceptors (Lipinski definition) is 4. The molecule has 6 rings (SSSR count). The van der Waals surface area contributed by atoms with Crippen molar-refractivity contribution in [2.45, 2.75) is 90.4 Å². The molecule has 5 heteroatoms. The third-order valence-corrected chi connectivity index (χ3v) is 10.9. The number of fused-ring (bicyclic) bond motifs is 5. The molecule has 8 atom stereocenters. The van der Waals surface area contributed by atoms with Gasteiger partial charge in [-0.25, -0.2) is 4.68 Å². The van der Waals surface area contributed by atoms with Gasteiger partial charge in [-0.15, -0.1) is 5.10 Å². The molecule has 2 N–H and O–H groups in total. The molecule has 3 fully saturated rings. The van der Waals surface area contributed by atoms with E-state index in [0.717, 1.165) is 49.3 Å². The van der Waals surface area contributed by atoms with Crippen LogP contribution in [0.5, 0.6) is 0 Å². The van der Waals surface area contributed by atoms with Gasteiger partial charge in [0.1, 0.15) is 5.69 Å². The lowest BCUT2D eigenvalue weighted by Gasteiger charge is -2.58. The highest BCUT2D eigenvalue weighted by Gasteiger charge is 2.61. The van der Waals surface area contributed by atoms with Gasteiger partial charge in [-0.3, -0.25) is 0 Å². The Kier molecular flexibility index (Phi) is 5.54. The summed E-state index contributed by atoms with van der Waals surface area (Å²) in [6.07, 6.45) is 13.2. The Balaban J connectivity index is 1.22. The monoisotopic (exact) mass is 475 g/mol. The van der Waals surface area contributed by atoms with E-state index in [1.165, 1.54) is 24.8 Å². The molecule has 0 unspecified atom stereocenters. The molecular weight excluding hydrogens is 434 g/mol. The number of rotatable bonds is 4. The maximum absolute atomic E-state index is 11.9. The van der Waals surface area contributed by atoms with E-state index in [0.29, 0.717) is 18.4 Å².